The summed E-state index contributed by atoms with van der Waals surface area (Å²) in [6.45, 7) is 1.04. The largest absolute Gasteiger partial charge is 0.457 e. The minimum absolute atomic E-state index is 0.0269. The third-order valence-electron chi connectivity index (χ3n) is 4.10. The van der Waals surface area contributed by atoms with E-state index in [1.54, 1.807) is 48.5 Å². The van der Waals surface area contributed by atoms with Gasteiger partial charge in [-0.1, -0.05) is 30.3 Å². The zero-order valence-corrected chi connectivity index (χ0v) is 17.0. The van der Waals surface area contributed by atoms with Crippen LogP contribution in [0.15, 0.2) is 78.9 Å². The summed E-state index contributed by atoms with van der Waals surface area (Å²) in [5.41, 5.74) is 1.92. The van der Waals surface area contributed by atoms with Gasteiger partial charge < -0.3 is 20.1 Å². The Morgan fingerprint density at radius 3 is 1.97 bits per heavy atom. The molecule has 0 saturated carbocycles. The van der Waals surface area contributed by atoms with Gasteiger partial charge in [0.2, 0.25) is 5.91 Å². The van der Waals surface area contributed by atoms with E-state index < -0.39 is 11.9 Å². The van der Waals surface area contributed by atoms with Gasteiger partial charge in [0.05, 0.1) is 6.42 Å². The molecule has 0 aliphatic carbocycles. The molecule has 0 unspecified atom stereocenters. The van der Waals surface area contributed by atoms with Crippen molar-refractivity contribution in [3.05, 3.63) is 84.4 Å². The molecule has 158 valence electrons. The van der Waals surface area contributed by atoms with Crippen LogP contribution in [0, 0.1) is 0 Å². The molecule has 0 bridgehead atoms. The Bertz CT molecular complexity index is 1030. The fraction of sp³-hybridized carbons (Fsp3) is 0.125. The fourth-order valence-electron chi connectivity index (χ4n) is 2.70. The number of amides is 2. The van der Waals surface area contributed by atoms with Crippen LogP contribution < -0.4 is 15.4 Å². The quantitative estimate of drug-likeness (QED) is 0.536. The second-order valence-corrected chi connectivity index (χ2v) is 6.70. The summed E-state index contributed by atoms with van der Waals surface area (Å²) >= 11 is 0. The van der Waals surface area contributed by atoms with E-state index in [0.717, 1.165) is 5.75 Å². The topological polar surface area (TPSA) is 93.7 Å². The molecule has 0 aliphatic rings. The summed E-state index contributed by atoms with van der Waals surface area (Å²) in [6.07, 6.45) is 0.0269. The number of hydrogen-bond acceptors (Lipinski definition) is 5. The van der Waals surface area contributed by atoms with Gasteiger partial charge in [-0.05, 0) is 54.1 Å². The van der Waals surface area contributed by atoms with Crippen LogP contribution in [0.1, 0.15) is 12.5 Å². The normalized spacial score (nSPS) is 10.1. The van der Waals surface area contributed by atoms with Gasteiger partial charge in [0.25, 0.3) is 5.91 Å². The molecule has 2 amide bonds. The molecule has 2 N–H and O–H groups in total. The Kier molecular flexibility index (Phi) is 7.37. The van der Waals surface area contributed by atoms with E-state index in [9.17, 15) is 14.4 Å². The Balaban J connectivity index is 1.42. The number of para-hydroxylation sites is 1. The van der Waals surface area contributed by atoms with Gasteiger partial charge in [-0.3, -0.25) is 14.4 Å². The highest BCUT2D eigenvalue weighted by atomic mass is 16.5. The van der Waals surface area contributed by atoms with E-state index in [-0.39, 0.29) is 18.9 Å². The highest BCUT2D eigenvalue weighted by Crippen LogP contribution is 2.22. The predicted molar refractivity (Wildman–Crippen MR) is 117 cm³/mol. The number of ether oxygens (including phenoxy) is 2. The molecule has 0 aromatic heterocycles. The molecule has 0 saturated heterocycles. The lowest BCUT2D eigenvalue weighted by Crippen LogP contribution is -2.21. The van der Waals surface area contributed by atoms with Gasteiger partial charge in [-0.15, -0.1) is 0 Å². The van der Waals surface area contributed by atoms with Crippen molar-refractivity contribution >= 4 is 29.2 Å². The molecule has 0 atom stereocenters. The van der Waals surface area contributed by atoms with E-state index in [1.807, 2.05) is 30.3 Å². The first-order chi connectivity index (χ1) is 15.0. The van der Waals surface area contributed by atoms with E-state index in [2.05, 4.69) is 10.6 Å². The highest BCUT2D eigenvalue weighted by molar-refractivity contribution is 5.93. The molecule has 0 heterocycles. The molecule has 7 heteroatoms. The second-order valence-electron chi connectivity index (χ2n) is 6.70. The summed E-state index contributed by atoms with van der Waals surface area (Å²) in [4.78, 5) is 35.0. The average molecular weight is 418 g/mol. The number of carbonyl (C=O) groups excluding carboxylic acids is 3. The first-order valence-electron chi connectivity index (χ1n) is 9.63. The SMILES string of the molecule is CC(=O)Nc1ccc(CC(=O)OCC(=O)Nc2ccc(Oc3ccccc3)cc2)cc1. The lowest BCUT2D eigenvalue weighted by Gasteiger charge is -2.09. The molecular weight excluding hydrogens is 396 g/mol. The summed E-state index contributed by atoms with van der Waals surface area (Å²) in [5, 5.41) is 5.31. The molecule has 3 aromatic rings. The molecular formula is C24H22N2O5. The van der Waals surface area contributed by atoms with Gasteiger partial charge in [0.15, 0.2) is 6.61 Å². The number of rotatable bonds is 8. The van der Waals surface area contributed by atoms with Crippen molar-refractivity contribution in [1.82, 2.24) is 0 Å². The third kappa shape index (κ3) is 7.32. The maximum Gasteiger partial charge on any atom is 0.310 e. The van der Waals surface area contributed by atoms with Crippen molar-refractivity contribution < 1.29 is 23.9 Å². The first kappa shape index (κ1) is 21.6. The van der Waals surface area contributed by atoms with E-state index in [0.29, 0.717) is 22.7 Å². The van der Waals surface area contributed by atoms with Crippen molar-refractivity contribution in [2.45, 2.75) is 13.3 Å². The monoisotopic (exact) mass is 418 g/mol. The molecule has 0 spiro atoms. The Morgan fingerprint density at radius 1 is 0.742 bits per heavy atom. The second kappa shape index (κ2) is 10.6. The first-order valence-corrected chi connectivity index (χ1v) is 9.63. The molecule has 31 heavy (non-hydrogen) atoms. The van der Waals surface area contributed by atoms with Gasteiger partial charge in [-0.2, -0.15) is 0 Å². The molecule has 7 nitrogen and oxygen atoms in total. The van der Waals surface area contributed by atoms with Gasteiger partial charge in [0.1, 0.15) is 11.5 Å². The highest BCUT2D eigenvalue weighted by Gasteiger charge is 2.09. The van der Waals surface area contributed by atoms with Crippen LogP contribution in [0.2, 0.25) is 0 Å². The van der Waals surface area contributed by atoms with E-state index in [4.69, 9.17) is 9.47 Å². The standard InChI is InChI=1S/C24H22N2O5/c1-17(27)25-19-9-7-18(8-10-19)15-24(29)30-16-23(28)26-20-11-13-22(14-12-20)31-21-5-3-2-4-6-21/h2-14H,15-16H2,1H3,(H,25,27)(H,26,28). The maximum atomic E-state index is 12.0. The summed E-state index contributed by atoms with van der Waals surface area (Å²) < 4.78 is 10.7. The summed E-state index contributed by atoms with van der Waals surface area (Å²) in [6, 6.07) is 23.1. The molecule has 3 aromatic carbocycles. The van der Waals surface area contributed by atoms with Crippen LogP contribution in [0.5, 0.6) is 11.5 Å². The fourth-order valence-corrected chi connectivity index (χ4v) is 2.70. The Morgan fingerprint density at radius 2 is 1.32 bits per heavy atom. The van der Waals surface area contributed by atoms with Crippen LogP contribution in [-0.2, 0) is 25.5 Å². The van der Waals surface area contributed by atoms with Crippen molar-refractivity contribution in [3.8, 4) is 11.5 Å². The lowest BCUT2D eigenvalue weighted by molar-refractivity contribution is -0.146. The minimum Gasteiger partial charge on any atom is -0.457 e. The van der Waals surface area contributed by atoms with E-state index >= 15 is 0 Å². The van der Waals surface area contributed by atoms with Gasteiger partial charge >= 0.3 is 5.97 Å². The van der Waals surface area contributed by atoms with Crippen molar-refractivity contribution in [2.75, 3.05) is 17.2 Å². The minimum atomic E-state index is -0.519. The van der Waals surface area contributed by atoms with Crippen LogP contribution in [0.3, 0.4) is 0 Å². The predicted octanol–water partition coefficient (Wildman–Crippen LogP) is 4.16. The van der Waals surface area contributed by atoms with Crippen LogP contribution in [0.4, 0.5) is 11.4 Å². The number of benzene rings is 3. The van der Waals surface area contributed by atoms with Gasteiger partial charge in [-0.25, -0.2) is 0 Å². The molecule has 3 rings (SSSR count). The lowest BCUT2D eigenvalue weighted by atomic mass is 10.1. The van der Waals surface area contributed by atoms with E-state index in [1.165, 1.54) is 6.92 Å². The van der Waals surface area contributed by atoms with Gasteiger partial charge in [0, 0.05) is 18.3 Å². The Labute approximate surface area is 180 Å². The summed E-state index contributed by atoms with van der Waals surface area (Å²) in [5.74, 6) is 0.229. The molecule has 0 fully saturated rings. The van der Waals surface area contributed by atoms with Crippen molar-refractivity contribution in [1.29, 1.82) is 0 Å². The van der Waals surface area contributed by atoms with Crippen LogP contribution in [0.25, 0.3) is 0 Å². The smallest absolute Gasteiger partial charge is 0.310 e. The van der Waals surface area contributed by atoms with Crippen molar-refractivity contribution in [3.63, 3.8) is 0 Å². The maximum absolute atomic E-state index is 12.0. The summed E-state index contributed by atoms with van der Waals surface area (Å²) in [7, 11) is 0. The van der Waals surface area contributed by atoms with Crippen LogP contribution >= 0.6 is 0 Å². The zero-order chi connectivity index (χ0) is 22.1. The zero-order valence-electron chi connectivity index (χ0n) is 17.0. The number of carbonyl (C=O) groups is 3. The number of anilines is 2. The average Bonchev–Trinajstić information content (AvgIpc) is 2.75. The Hall–Kier alpha value is -4.13. The third-order valence-corrected chi connectivity index (χ3v) is 4.10. The number of esters is 1. The molecule has 0 radical (unpaired) electrons. The molecule has 0 aliphatic heterocycles. The van der Waals surface area contributed by atoms with Crippen molar-refractivity contribution in [2.24, 2.45) is 0 Å². The number of nitrogens with one attached hydrogen (secondary N) is 2. The number of hydrogen-bond donors (Lipinski definition) is 2. The van der Waals surface area contributed by atoms with Crippen LogP contribution in [-0.4, -0.2) is 24.4 Å².